The van der Waals surface area contributed by atoms with Crippen molar-refractivity contribution in [3.8, 4) is 33.5 Å². The zero-order valence-electron chi connectivity index (χ0n) is 35.7. The summed E-state index contributed by atoms with van der Waals surface area (Å²) in [5, 5.41) is 7.19. The van der Waals surface area contributed by atoms with E-state index in [9.17, 15) is 9.59 Å². The Morgan fingerprint density at radius 2 is 0.894 bits per heavy atom. The zero-order chi connectivity index (χ0) is 44.1. The molecule has 7 aromatic carbocycles. The van der Waals surface area contributed by atoms with Crippen LogP contribution in [0.4, 0.5) is 0 Å². The fourth-order valence-electron chi connectivity index (χ4n) is 9.65. The second kappa shape index (κ2) is 16.2. The van der Waals surface area contributed by atoms with Crippen LogP contribution < -0.4 is 11.3 Å². The number of pyridine rings is 3. The molecule has 0 unspecified atom stereocenters. The van der Waals surface area contributed by atoms with Gasteiger partial charge in [-0.1, -0.05) is 133 Å². The van der Waals surface area contributed by atoms with Crippen molar-refractivity contribution >= 4 is 65.3 Å². The van der Waals surface area contributed by atoms with Gasteiger partial charge < -0.3 is 8.83 Å². The van der Waals surface area contributed by atoms with Crippen LogP contribution in [0.25, 0.3) is 98.8 Å². The molecule has 0 aliphatic heterocycles. The van der Waals surface area contributed by atoms with Crippen molar-refractivity contribution in [2.75, 3.05) is 0 Å². The number of nitrogens with zero attached hydrogens (tertiary/aromatic N) is 3. The maximum atomic E-state index is 13.2. The van der Waals surface area contributed by atoms with Gasteiger partial charge in [-0.15, -0.1) is 0 Å². The molecule has 0 radical (unpaired) electrons. The molecular formula is C59H39N3O4. The minimum atomic E-state index is -0.389. The number of aromatic nitrogens is 3. The van der Waals surface area contributed by atoms with Gasteiger partial charge in [-0.25, -0.2) is 9.59 Å². The van der Waals surface area contributed by atoms with Gasteiger partial charge in [-0.2, -0.15) is 0 Å². The van der Waals surface area contributed by atoms with Gasteiger partial charge >= 0.3 is 11.3 Å². The summed E-state index contributed by atoms with van der Waals surface area (Å²) in [5.74, 6) is 0. The van der Waals surface area contributed by atoms with E-state index in [4.69, 9.17) is 23.8 Å². The van der Waals surface area contributed by atoms with Crippen LogP contribution in [0.1, 0.15) is 22.3 Å². The molecule has 0 saturated heterocycles. The third-order valence-electron chi connectivity index (χ3n) is 12.8. The highest BCUT2D eigenvalue weighted by atomic mass is 16.4. The van der Waals surface area contributed by atoms with E-state index in [0.717, 1.165) is 77.3 Å². The van der Waals surface area contributed by atoms with E-state index < -0.39 is 0 Å². The fourth-order valence-corrected chi connectivity index (χ4v) is 9.65. The summed E-state index contributed by atoms with van der Waals surface area (Å²) in [5.41, 5.74) is 12.1. The van der Waals surface area contributed by atoms with Gasteiger partial charge in [0.05, 0.1) is 27.5 Å². The molecule has 0 fully saturated rings. The van der Waals surface area contributed by atoms with Gasteiger partial charge in [0.1, 0.15) is 11.2 Å². The van der Waals surface area contributed by atoms with E-state index in [1.165, 1.54) is 10.8 Å². The second-order valence-corrected chi connectivity index (χ2v) is 16.9. The van der Waals surface area contributed by atoms with Crippen molar-refractivity contribution in [2.24, 2.45) is 0 Å². The van der Waals surface area contributed by atoms with Crippen molar-refractivity contribution in [3.63, 3.8) is 0 Å². The fraction of sp³-hybridized carbons (Fsp3) is 0.0678. The molecule has 0 aliphatic carbocycles. The highest BCUT2D eigenvalue weighted by molar-refractivity contribution is 6.18. The molecule has 0 atom stereocenters. The summed E-state index contributed by atoms with van der Waals surface area (Å²) in [6.07, 6.45) is 8.55. The van der Waals surface area contributed by atoms with Crippen LogP contribution in [0.2, 0.25) is 0 Å². The van der Waals surface area contributed by atoms with Gasteiger partial charge in [0.15, 0.2) is 0 Å². The molecular weight excluding hydrogens is 815 g/mol. The first-order chi connectivity index (χ1) is 32.5. The number of aryl methyl sites for hydroxylation is 4. The summed E-state index contributed by atoms with van der Waals surface area (Å²) < 4.78 is 11.4. The Balaban J connectivity index is 0.964. The van der Waals surface area contributed by atoms with Crippen LogP contribution in [0, 0.1) is 0 Å². The van der Waals surface area contributed by atoms with E-state index in [0.29, 0.717) is 58.7 Å². The minimum absolute atomic E-state index is 0.389. The quantitative estimate of drug-likeness (QED) is 0.105. The Kier molecular flexibility index (Phi) is 9.60. The molecule has 12 aromatic rings. The number of rotatable bonds is 9. The number of benzene rings is 7. The van der Waals surface area contributed by atoms with E-state index in [2.05, 4.69) is 103 Å². The summed E-state index contributed by atoms with van der Waals surface area (Å²) in [4.78, 5) is 41.1. The van der Waals surface area contributed by atoms with Gasteiger partial charge in [0.2, 0.25) is 0 Å². The normalized spacial score (nSPS) is 11.7. The topological polar surface area (TPSA) is 99.1 Å². The molecule has 7 heteroatoms. The zero-order valence-corrected chi connectivity index (χ0v) is 35.7. The first-order valence-corrected chi connectivity index (χ1v) is 22.2. The Morgan fingerprint density at radius 1 is 0.364 bits per heavy atom. The van der Waals surface area contributed by atoms with Crippen molar-refractivity contribution < 1.29 is 8.83 Å². The highest BCUT2D eigenvalue weighted by Crippen LogP contribution is 2.42. The maximum Gasteiger partial charge on any atom is 0.345 e. The van der Waals surface area contributed by atoms with E-state index in [1.54, 1.807) is 12.1 Å². The molecule has 314 valence electrons. The van der Waals surface area contributed by atoms with Crippen molar-refractivity contribution in [1.29, 1.82) is 0 Å². The van der Waals surface area contributed by atoms with E-state index in [-0.39, 0.29) is 11.3 Å². The predicted molar refractivity (Wildman–Crippen MR) is 266 cm³/mol. The Hall–Kier alpha value is -8.55. The van der Waals surface area contributed by atoms with E-state index >= 15 is 0 Å². The average molecular weight is 854 g/mol. The highest BCUT2D eigenvalue weighted by Gasteiger charge is 2.18. The largest absolute Gasteiger partial charge is 0.422 e. The van der Waals surface area contributed by atoms with Crippen molar-refractivity contribution in [2.45, 2.75) is 25.7 Å². The molecule has 0 amide bonds. The lowest BCUT2D eigenvalue weighted by Gasteiger charge is -2.18. The van der Waals surface area contributed by atoms with Crippen LogP contribution in [0.5, 0.6) is 0 Å². The lowest BCUT2D eigenvalue weighted by Crippen LogP contribution is -2.04. The minimum Gasteiger partial charge on any atom is -0.422 e. The van der Waals surface area contributed by atoms with Crippen LogP contribution >= 0.6 is 0 Å². The van der Waals surface area contributed by atoms with E-state index in [1.807, 2.05) is 73.2 Å². The SMILES string of the molecule is O=c1oc2ccccc2c2ncc(CCc3cc(CCc4cnc5c(c4)c(=O)oc4ccccc45)cc(-c4ccccc4-c4cnc(-c5ccccc5)c5ccc6ccccc6c45)c3)cc12. The summed E-state index contributed by atoms with van der Waals surface area (Å²) in [6.45, 7) is 0. The number of para-hydroxylation sites is 2. The van der Waals surface area contributed by atoms with Gasteiger partial charge in [0, 0.05) is 51.3 Å². The average Bonchev–Trinajstić information content (AvgIpc) is 3.37. The van der Waals surface area contributed by atoms with Crippen LogP contribution in [0.15, 0.2) is 207 Å². The molecule has 0 saturated carbocycles. The molecule has 12 rings (SSSR count). The van der Waals surface area contributed by atoms with Crippen LogP contribution in [0.3, 0.4) is 0 Å². The molecule has 0 aliphatic rings. The molecule has 5 heterocycles. The summed E-state index contributed by atoms with van der Waals surface area (Å²) in [7, 11) is 0. The standard InChI is InChI=1S/C59H39N3O4/c63-58-49-31-38(33-60-56(49)46-18-8-10-20-52(46)65-58)24-22-36-28-37(23-25-39-32-50-57(61-34-39)47-19-9-11-21-53(47)66-59(50)64)30-42(29-36)43-15-6-7-17-45(43)51-35-62-55(41-13-2-1-3-14-41)48-27-26-40-12-4-5-16-44(40)54(48)51/h1-21,26-35H,22-25H2. The number of hydrogen-bond donors (Lipinski definition) is 0. The Bertz CT molecular complexity index is 3850. The van der Waals surface area contributed by atoms with Crippen molar-refractivity contribution in [3.05, 3.63) is 232 Å². The molecule has 0 N–H and O–H groups in total. The summed E-state index contributed by atoms with van der Waals surface area (Å²) >= 11 is 0. The first-order valence-electron chi connectivity index (χ1n) is 22.2. The second-order valence-electron chi connectivity index (χ2n) is 16.9. The third-order valence-corrected chi connectivity index (χ3v) is 12.8. The molecule has 7 nitrogen and oxygen atoms in total. The lowest BCUT2D eigenvalue weighted by atomic mass is 9.87. The monoisotopic (exact) mass is 853 g/mol. The summed E-state index contributed by atoms with van der Waals surface area (Å²) in [6, 6.07) is 57.7. The maximum absolute atomic E-state index is 13.2. The first kappa shape index (κ1) is 39.1. The smallest absolute Gasteiger partial charge is 0.345 e. The predicted octanol–water partition coefficient (Wildman–Crippen LogP) is 13.3. The molecule has 0 bridgehead atoms. The third kappa shape index (κ3) is 6.98. The number of fused-ring (bicyclic) bond motifs is 9. The molecule has 5 aromatic heterocycles. The van der Waals surface area contributed by atoms with Crippen molar-refractivity contribution in [1.82, 2.24) is 15.0 Å². The van der Waals surface area contributed by atoms with Gasteiger partial charge in [0.25, 0.3) is 0 Å². The molecule has 0 spiro atoms. The Labute approximate surface area is 378 Å². The lowest BCUT2D eigenvalue weighted by molar-refractivity contribution is 0.569. The van der Waals surface area contributed by atoms with Crippen LogP contribution in [-0.4, -0.2) is 15.0 Å². The Morgan fingerprint density at radius 3 is 1.53 bits per heavy atom. The van der Waals surface area contributed by atoms with Gasteiger partial charge in [-0.05, 0) is 112 Å². The number of hydrogen-bond acceptors (Lipinski definition) is 7. The molecule has 66 heavy (non-hydrogen) atoms. The van der Waals surface area contributed by atoms with Gasteiger partial charge in [-0.3, -0.25) is 15.0 Å². The van der Waals surface area contributed by atoms with Crippen LogP contribution in [-0.2, 0) is 25.7 Å².